The minimum absolute atomic E-state index is 0.258. The number of hydrogen-bond acceptors (Lipinski definition) is 6. The number of aryl methyl sites for hydroxylation is 1. The second-order valence-electron chi connectivity index (χ2n) is 6.26. The zero-order valence-corrected chi connectivity index (χ0v) is 17.0. The predicted octanol–water partition coefficient (Wildman–Crippen LogP) is 3.85. The maximum atomic E-state index is 12.1. The molecule has 0 unspecified atom stereocenters. The van der Waals surface area contributed by atoms with E-state index in [1.165, 1.54) is 7.11 Å². The number of ether oxygens (including phenoxy) is 1. The molecule has 3 rings (SSSR count). The van der Waals surface area contributed by atoms with Crippen LogP contribution < -0.4 is 0 Å². The second-order valence-corrected chi connectivity index (χ2v) is 7.59. The van der Waals surface area contributed by atoms with Gasteiger partial charge in [-0.2, -0.15) is 0 Å². The molecule has 7 nitrogen and oxygen atoms in total. The normalized spacial score (nSPS) is 11.9. The van der Waals surface area contributed by atoms with E-state index in [0.29, 0.717) is 33.1 Å². The van der Waals surface area contributed by atoms with Crippen LogP contribution in [0.25, 0.3) is 22.7 Å². The molecule has 0 amide bonds. The summed E-state index contributed by atoms with van der Waals surface area (Å²) in [4.78, 5) is 25.3. The topological polar surface area (TPSA) is 83.0 Å². The second kappa shape index (κ2) is 6.56. The summed E-state index contributed by atoms with van der Waals surface area (Å²) in [6.07, 6.45) is 0. The number of carbonyl (C=O) groups is 1. The highest BCUT2D eigenvalue weighted by Gasteiger charge is 2.32. The lowest BCUT2D eigenvalue weighted by molar-refractivity contribution is -0.151. The molecule has 0 N–H and O–H groups in total. The molecule has 25 heavy (non-hydrogen) atoms. The van der Waals surface area contributed by atoms with E-state index in [0.717, 1.165) is 5.76 Å². The van der Waals surface area contributed by atoms with Crippen LogP contribution in [0, 0.1) is 16.2 Å². The van der Waals surface area contributed by atoms with Crippen LogP contribution in [0.1, 0.15) is 19.6 Å². The molecule has 0 saturated carbocycles. The molecule has 0 fully saturated rings. The molecular formula is C16H16ClIN4O3. The van der Waals surface area contributed by atoms with Gasteiger partial charge in [-0.05, 0) is 32.9 Å². The van der Waals surface area contributed by atoms with Gasteiger partial charge in [0.1, 0.15) is 11.3 Å². The summed E-state index contributed by atoms with van der Waals surface area (Å²) in [6.45, 7) is 5.75. The Morgan fingerprint density at radius 1 is 1.36 bits per heavy atom. The smallest absolute Gasteiger partial charge is 0.313 e. The molecule has 0 atom stereocenters. The molecule has 9 heteroatoms. The molecule has 3 aromatic rings. The van der Waals surface area contributed by atoms with Gasteiger partial charge in [-0.15, -0.1) is 0 Å². The molecule has 0 saturated heterocycles. The van der Waals surface area contributed by atoms with Crippen molar-refractivity contribution in [2.75, 3.05) is 7.11 Å². The lowest BCUT2D eigenvalue weighted by Crippen LogP contribution is -2.31. The van der Waals surface area contributed by atoms with Crippen molar-refractivity contribution in [1.82, 2.24) is 19.5 Å². The van der Waals surface area contributed by atoms with Crippen molar-refractivity contribution in [3.63, 3.8) is 0 Å². The minimum Gasteiger partial charge on any atom is -0.469 e. The summed E-state index contributed by atoms with van der Waals surface area (Å²) < 4.78 is 12.9. The number of furan rings is 1. The van der Waals surface area contributed by atoms with Crippen LogP contribution in [0.3, 0.4) is 0 Å². The average molecular weight is 475 g/mol. The molecule has 3 heterocycles. The molecule has 3 aromatic heterocycles. The molecular weight excluding hydrogens is 459 g/mol. The van der Waals surface area contributed by atoms with Gasteiger partial charge >= 0.3 is 5.97 Å². The van der Waals surface area contributed by atoms with E-state index in [1.54, 1.807) is 13.8 Å². The molecule has 0 aliphatic heterocycles. The Bertz CT molecular complexity index is 964. The van der Waals surface area contributed by atoms with Crippen LogP contribution in [0.5, 0.6) is 0 Å². The summed E-state index contributed by atoms with van der Waals surface area (Å²) in [5, 5.41) is 0.258. The van der Waals surface area contributed by atoms with Crippen LogP contribution in [0.4, 0.5) is 0 Å². The SMILES string of the molecule is COC(=O)C(C)(C)Cn1c(-c2ccc(C)o2)nc2c(Cl)nc(I)nc21. The highest BCUT2D eigenvalue weighted by molar-refractivity contribution is 14.1. The van der Waals surface area contributed by atoms with Gasteiger partial charge < -0.3 is 13.7 Å². The average Bonchev–Trinajstić information content (AvgIpc) is 3.11. The Labute approximate surface area is 162 Å². The monoisotopic (exact) mass is 474 g/mol. The first-order valence-electron chi connectivity index (χ1n) is 7.47. The Balaban J connectivity index is 2.24. The third-order valence-corrected chi connectivity index (χ3v) is 4.52. The highest BCUT2D eigenvalue weighted by atomic mass is 127. The molecule has 132 valence electrons. The number of halogens is 2. The van der Waals surface area contributed by atoms with E-state index < -0.39 is 5.41 Å². The molecule has 0 bridgehead atoms. The van der Waals surface area contributed by atoms with Crippen LogP contribution in [-0.2, 0) is 16.1 Å². The van der Waals surface area contributed by atoms with Gasteiger partial charge in [0.25, 0.3) is 0 Å². The summed E-state index contributed by atoms with van der Waals surface area (Å²) in [5.74, 6) is 1.54. The first-order valence-corrected chi connectivity index (χ1v) is 8.93. The molecule has 0 aliphatic carbocycles. The van der Waals surface area contributed by atoms with E-state index in [9.17, 15) is 4.79 Å². The fraction of sp³-hybridized carbons (Fsp3) is 0.375. The number of carbonyl (C=O) groups excluding carboxylic acids is 1. The van der Waals surface area contributed by atoms with Crippen molar-refractivity contribution in [2.24, 2.45) is 5.41 Å². The van der Waals surface area contributed by atoms with Crippen molar-refractivity contribution in [2.45, 2.75) is 27.3 Å². The number of esters is 1. The van der Waals surface area contributed by atoms with Crippen molar-refractivity contribution in [3.05, 3.63) is 26.9 Å². The third kappa shape index (κ3) is 3.37. The summed E-state index contributed by atoms with van der Waals surface area (Å²) in [5.41, 5.74) is 0.221. The van der Waals surface area contributed by atoms with E-state index in [2.05, 4.69) is 15.0 Å². The van der Waals surface area contributed by atoms with E-state index in [-0.39, 0.29) is 11.1 Å². The third-order valence-electron chi connectivity index (χ3n) is 3.78. The van der Waals surface area contributed by atoms with Crippen LogP contribution >= 0.6 is 34.2 Å². The summed E-state index contributed by atoms with van der Waals surface area (Å²) in [7, 11) is 1.37. The minimum atomic E-state index is -0.790. The van der Waals surface area contributed by atoms with Crippen molar-refractivity contribution < 1.29 is 13.9 Å². The van der Waals surface area contributed by atoms with Gasteiger partial charge in [0.2, 0.25) is 0 Å². The number of hydrogen-bond donors (Lipinski definition) is 0. The van der Waals surface area contributed by atoms with Gasteiger partial charge in [-0.3, -0.25) is 4.79 Å². The van der Waals surface area contributed by atoms with Gasteiger partial charge in [0.15, 0.2) is 26.2 Å². The van der Waals surface area contributed by atoms with E-state index >= 15 is 0 Å². The highest BCUT2D eigenvalue weighted by Crippen LogP contribution is 2.32. The Hall–Kier alpha value is -1.68. The van der Waals surface area contributed by atoms with Crippen LogP contribution in [0.15, 0.2) is 16.5 Å². The fourth-order valence-electron chi connectivity index (χ4n) is 2.57. The number of imidazole rings is 1. The summed E-state index contributed by atoms with van der Waals surface area (Å²) >= 11 is 8.24. The zero-order chi connectivity index (χ0) is 18.4. The van der Waals surface area contributed by atoms with Crippen LogP contribution in [0.2, 0.25) is 5.15 Å². The lowest BCUT2D eigenvalue weighted by atomic mass is 9.93. The van der Waals surface area contributed by atoms with Crippen molar-refractivity contribution >= 4 is 51.3 Å². The Morgan fingerprint density at radius 3 is 2.68 bits per heavy atom. The molecule has 0 aromatic carbocycles. The van der Waals surface area contributed by atoms with Gasteiger partial charge in [-0.25, -0.2) is 15.0 Å². The number of fused-ring (bicyclic) bond motifs is 1. The molecule has 0 aliphatic rings. The van der Waals surface area contributed by atoms with Crippen molar-refractivity contribution in [3.8, 4) is 11.6 Å². The molecule has 0 radical (unpaired) electrons. The largest absolute Gasteiger partial charge is 0.469 e. The standard InChI is InChI=1S/C16H16ClIN4O3/c1-8-5-6-9(25-8)12-19-10-11(17)20-15(18)21-13(10)22(12)7-16(2,3)14(23)24-4/h5-6H,7H2,1-4H3. The van der Waals surface area contributed by atoms with E-state index in [1.807, 2.05) is 46.2 Å². The van der Waals surface area contributed by atoms with Gasteiger partial charge in [0, 0.05) is 29.1 Å². The van der Waals surface area contributed by atoms with Crippen molar-refractivity contribution in [1.29, 1.82) is 0 Å². The maximum absolute atomic E-state index is 12.1. The zero-order valence-electron chi connectivity index (χ0n) is 14.1. The Kier molecular flexibility index (Phi) is 4.76. The summed E-state index contributed by atoms with van der Waals surface area (Å²) in [6, 6.07) is 3.67. The quantitative estimate of drug-likeness (QED) is 0.247. The molecule has 0 spiro atoms. The Morgan fingerprint density at radius 2 is 2.08 bits per heavy atom. The number of methoxy groups -OCH3 is 1. The maximum Gasteiger partial charge on any atom is 0.313 e. The first-order chi connectivity index (χ1) is 11.7. The number of nitrogens with zero attached hydrogens (tertiary/aromatic N) is 4. The lowest BCUT2D eigenvalue weighted by Gasteiger charge is -2.23. The van der Waals surface area contributed by atoms with Gasteiger partial charge in [0.05, 0.1) is 12.5 Å². The van der Waals surface area contributed by atoms with Crippen LogP contribution in [-0.4, -0.2) is 32.6 Å². The van der Waals surface area contributed by atoms with Gasteiger partial charge in [-0.1, -0.05) is 11.6 Å². The fourth-order valence-corrected chi connectivity index (χ4v) is 3.39. The number of rotatable bonds is 4. The first kappa shape index (κ1) is 18.1. The predicted molar refractivity (Wildman–Crippen MR) is 101 cm³/mol. The van der Waals surface area contributed by atoms with E-state index in [4.69, 9.17) is 20.8 Å². The number of aromatic nitrogens is 4.